The van der Waals surface area contributed by atoms with E-state index < -0.39 is 0 Å². The van der Waals surface area contributed by atoms with E-state index in [1.807, 2.05) is 74.0 Å². The van der Waals surface area contributed by atoms with Gasteiger partial charge in [-0.25, -0.2) is 0 Å². The van der Waals surface area contributed by atoms with Gasteiger partial charge in [0.25, 0.3) is 5.91 Å². The van der Waals surface area contributed by atoms with Crippen molar-refractivity contribution in [1.82, 2.24) is 14.9 Å². The number of carbonyl (C=O) groups is 1. The molecule has 0 aliphatic heterocycles. The first kappa shape index (κ1) is 18.7. The Kier molecular flexibility index (Phi) is 5.91. The van der Waals surface area contributed by atoms with E-state index >= 15 is 0 Å². The molecule has 5 heteroatoms. The van der Waals surface area contributed by atoms with Crippen molar-refractivity contribution >= 4 is 5.91 Å². The molecule has 27 heavy (non-hydrogen) atoms. The topological polar surface area (TPSA) is 56.2 Å². The van der Waals surface area contributed by atoms with Gasteiger partial charge in [-0.3, -0.25) is 9.78 Å². The van der Waals surface area contributed by atoms with Crippen molar-refractivity contribution in [3.05, 3.63) is 72.3 Å². The minimum atomic E-state index is -0.0836. The summed E-state index contributed by atoms with van der Waals surface area (Å²) in [6, 6.07) is 13.6. The SMILES string of the molecule is CCn1cc(-c2ccncc2)cc1C(=O)NCc1ccc(OC(C)C)cc1. The molecule has 0 aliphatic carbocycles. The van der Waals surface area contributed by atoms with E-state index in [-0.39, 0.29) is 12.0 Å². The van der Waals surface area contributed by atoms with Crippen molar-refractivity contribution in [2.45, 2.75) is 40.0 Å². The normalized spacial score (nSPS) is 10.8. The molecule has 2 heterocycles. The predicted molar refractivity (Wildman–Crippen MR) is 107 cm³/mol. The smallest absolute Gasteiger partial charge is 0.268 e. The summed E-state index contributed by atoms with van der Waals surface area (Å²) < 4.78 is 7.61. The van der Waals surface area contributed by atoms with Crippen LogP contribution in [0.4, 0.5) is 0 Å². The number of hydrogen-bond acceptors (Lipinski definition) is 3. The van der Waals surface area contributed by atoms with Crippen molar-refractivity contribution in [2.24, 2.45) is 0 Å². The van der Waals surface area contributed by atoms with Gasteiger partial charge in [0.1, 0.15) is 11.4 Å². The highest BCUT2D eigenvalue weighted by atomic mass is 16.5. The summed E-state index contributed by atoms with van der Waals surface area (Å²) in [4.78, 5) is 16.7. The van der Waals surface area contributed by atoms with Gasteiger partial charge in [0.2, 0.25) is 0 Å². The van der Waals surface area contributed by atoms with Crippen LogP contribution in [-0.4, -0.2) is 21.6 Å². The summed E-state index contributed by atoms with van der Waals surface area (Å²) in [5.41, 5.74) is 3.75. The molecule has 1 N–H and O–H groups in total. The fraction of sp³-hybridized carbons (Fsp3) is 0.273. The summed E-state index contributed by atoms with van der Waals surface area (Å²) in [5.74, 6) is 0.751. The average Bonchev–Trinajstić information content (AvgIpc) is 3.12. The Bertz CT molecular complexity index is 884. The Labute approximate surface area is 160 Å². The lowest BCUT2D eigenvalue weighted by Crippen LogP contribution is -2.25. The van der Waals surface area contributed by atoms with Crippen LogP contribution in [0.15, 0.2) is 61.1 Å². The van der Waals surface area contributed by atoms with Gasteiger partial charge in [-0.2, -0.15) is 0 Å². The maximum absolute atomic E-state index is 12.7. The summed E-state index contributed by atoms with van der Waals surface area (Å²) in [7, 11) is 0. The van der Waals surface area contributed by atoms with E-state index in [1.165, 1.54) is 0 Å². The second kappa shape index (κ2) is 8.54. The van der Waals surface area contributed by atoms with Crippen molar-refractivity contribution in [3.63, 3.8) is 0 Å². The molecule has 0 saturated heterocycles. The first-order chi connectivity index (χ1) is 13.1. The number of aryl methyl sites for hydroxylation is 1. The Morgan fingerprint density at radius 3 is 2.44 bits per heavy atom. The van der Waals surface area contributed by atoms with E-state index in [9.17, 15) is 4.79 Å². The zero-order valence-corrected chi connectivity index (χ0v) is 16.0. The Morgan fingerprint density at radius 2 is 1.81 bits per heavy atom. The fourth-order valence-electron chi connectivity index (χ4n) is 2.90. The molecule has 0 fully saturated rings. The summed E-state index contributed by atoms with van der Waals surface area (Å²) in [6.07, 6.45) is 5.66. The molecule has 0 atom stereocenters. The number of rotatable bonds is 7. The van der Waals surface area contributed by atoms with Crippen molar-refractivity contribution in [1.29, 1.82) is 0 Å². The van der Waals surface area contributed by atoms with Crippen LogP contribution in [0.5, 0.6) is 5.75 Å². The van der Waals surface area contributed by atoms with Gasteiger partial charge in [-0.1, -0.05) is 12.1 Å². The van der Waals surface area contributed by atoms with Gasteiger partial charge in [0.05, 0.1) is 6.10 Å². The Morgan fingerprint density at radius 1 is 1.11 bits per heavy atom. The first-order valence-electron chi connectivity index (χ1n) is 9.21. The second-order valence-electron chi connectivity index (χ2n) is 6.63. The number of nitrogens with zero attached hydrogens (tertiary/aromatic N) is 2. The third-order valence-electron chi connectivity index (χ3n) is 4.23. The third-order valence-corrected chi connectivity index (χ3v) is 4.23. The zero-order chi connectivity index (χ0) is 19.2. The van der Waals surface area contributed by atoms with Crippen LogP contribution in [0, 0.1) is 0 Å². The molecule has 0 unspecified atom stereocenters. The number of carbonyl (C=O) groups excluding carboxylic acids is 1. The molecular formula is C22H25N3O2. The summed E-state index contributed by atoms with van der Waals surface area (Å²) in [6.45, 7) is 7.23. The van der Waals surface area contributed by atoms with E-state index in [1.54, 1.807) is 12.4 Å². The molecule has 3 rings (SSSR count). The number of amides is 1. The van der Waals surface area contributed by atoms with E-state index in [2.05, 4.69) is 10.3 Å². The lowest BCUT2D eigenvalue weighted by molar-refractivity contribution is 0.0942. The number of nitrogens with one attached hydrogen (secondary N) is 1. The lowest BCUT2D eigenvalue weighted by atomic mass is 10.1. The largest absolute Gasteiger partial charge is 0.491 e. The van der Waals surface area contributed by atoms with Gasteiger partial charge < -0.3 is 14.6 Å². The molecule has 0 aliphatic rings. The number of pyridine rings is 1. The maximum atomic E-state index is 12.7. The second-order valence-corrected chi connectivity index (χ2v) is 6.63. The van der Waals surface area contributed by atoms with Gasteiger partial charge in [-0.05, 0) is 62.2 Å². The van der Waals surface area contributed by atoms with Crippen LogP contribution in [-0.2, 0) is 13.1 Å². The number of ether oxygens (including phenoxy) is 1. The van der Waals surface area contributed by atoms with Crippen LogP contribution in [0.2, 0.25) is 0 Å². The highest BCUT2D eigenvalue weighted by Gasteiger charge is 2.14. The maximum Gasteiger partial charge on any atom is 0.268 e. The van der Waals surface area contributed by atoms with Crippen LogP contribution in [0.25, 0.3) is 11.1 Å². The first-order valence-corrected chi connectivity index (χ1v) is 9.21. The molecule has 0 radical (unpaired) electrons. The minimum Gasteiger partial charge on any atom is -0.491 e. The van der Waals surface area contributed by atoms with Gasteiger partial charge in [-0.15, -0.1) is 0 Å². The summed E-state index contributed by atoms with van der Waals surface area (Å²) in [5, 5.41) is 3.00. The highest BCUT2D eigenvalue weighted by molar-refractivity contribution is 5.94. The lowest BCUT2D eigenvalue weighted by Gasteiger charge is -2.11. The monoisotopic (exact) mass is 363 g/mol. The van der Waals surface area contributed by atoms with E-state index in [0.29, 0.717) is 12.2 Å². The molecule has 0 saturated carbocycles. The Hall–Kier alpha value is -3.08. The van der Waals surface area contributed by atoms with Gasteiger partial charge in [0.15, 0.2) is 0 Å². The van der Waals surface area contributed by atoms with E-state index in [4.69, 9.17) is 4.74 Å². The average molecular weight is 363 g/mol. The molecule has 0 spiro atoms. The third kappa shape index (κ3) is 4.76. The minimum absolute atomic E-state index is 0.0836. The highest BCUT2D eigenvalue weighted by Crippen LogP contribution is 2.22. The van der Waals surface area contributed by atoms with E-state index in [0.717, 1.165) is 29.0 Å². The number of aromatic nitrogens is 2. The standard InChI is InChI=1S/C22H25N3O2/c1-4-25-15-19(18-9-11-23-12-10-18)13-21(25)22(26)24-14-17-5-7-20(8-6-17)27-16(2)3/h5-13,15-16H,4,14H2,1-3H3,(H,24,26). The van der Waals surface area contributed by atoms with Crippen LogP contribution >= 0.6 is 0 Å². The number of benzene rings is 1. The molecule has 0 bridgehead atoms. The molecule has 140 valence electrons. The zero-order valence-electron chi connectivity index (χ0n) is 16.0. The molecule has 2 aromatic heterocycles. The Balaban J connectivity index is 1.68. The number of hydrogen-bond donors (Lipinski definition) is 1. The quantitative estimate of drug-likeness (QED) is 0.681. The molecular weight excluding hydrogens is 338 g/mol. The predicted octanol–water partition coefficient (Wildman–Crippen LogP) is 4.29. The van der Waals surface area contributed by atoms with Gasteiger partial charge in [0, 0.05) is 37.2 Å². The van der Waals surface area contributed by atoms with Crippen LogP contribution in [0.1, 0.15) is 36.8 Å². The van der Waals surface area contributed by atoms with Crippen molar-refractivity contribution < 1.29 is 9.53 Å². The summed E-state index contributed by atoms with van der Waals surface area (Å²) >= 11 is 0. The molecule has 1 amide bonds. The molecule has 3 aromatic rings. The van der Waals surface area contributed by atoms with Gasteiger partial charge >= 0.3 is 0 Å². The molecule has 1 aromatic carbocycles. The van der Waals surface area contributed by atoms with Crippen molar-refractivity contribution in [3.8, 4) is 16.9 Å². The van der Waals surface area contributed by atoms with Crippen molar-refractivity contribution in [2.75, 3.05) is 0 Å². The van der Waals surface area contributed by atoms with Crippen LogP contribution < -0.4 is 10.1 Å². The fourth-order valence-corrected chi connectivity index (χ4v) is 2.90. The molecule has 5 nitrogen and oxygen atoms in total. The van der Waals surface area contributed by atoms with Crippen LogP contribution in [0.3, 0.4) is 0 Å².